The minimum atomic E-state index is -1.56. The Morgan fingerprint density at radius 1 is 0.960 bits per heavy atom. The summed E-state index contributed by atoms with van der Waals surface area (Å²) in [5.74, 6) is 0.700. The zero-order chi connectivity index (χ0) is 18.6. The molecule has 1 nitrogen and oxygen atoms in total. The minimum Gasteiger partial charge on any atom is -0.386 e. The fourth-order valence-corrected chi connectivity index (χ4v) is 8.89. The van der Waals surface area contributed by atoms with Gasteiger partial charge in [0.2, 0.25) is 0 Å². The molecule has 1 aliphatic rings. The lowest BCUT2D eigenvalue weighted by Gasteiger charge is -2.47. The molecule has 0 saturated heterocycles. The van der Waals surface area contributed by atoms with Crippen molar-refractivity contribution >= 4 is 19.8 Å². The molecule has 1 aromatic carbocycles. The molecule has 1 fully saturated rings. The van der Waals surface area contributed by atoms with Gasteiger partial charge in [-0.3, -0.25) is 0 Å². The highest BCUT2D eigenvalue weighted by atomic mass is 32.2. The number of benzene rings is 1. The van der Waals surface area contributed by atoms with E-state index in [-0.39, 0.29) is 4.37 Å². The average molecular weight is 377 g/mol. The maximum Gasteiger partial charge on any atom is 0.0772 e. The number of aliphatic hydroxyl groups is 1. The molecule has 1 saturated carbocycles. The summed E-state index contributed by atoms with van der Waals surface area (Å²) in [6, 6.07) is 10.9. The SMILES string of the molecule is CC(C)(O)/C=C/C(Sc1ccccc1)(C1CCCCCC1)[Si](C)(C)C. The molecule has 140 valence electrons. The molecule has 1 aliphatic carbocycles. The molecular formula is C22H36OSSi. The second-order valence-corrected chi connectivity index (χ2v) is 16.2. The summed E-state index contributed by atoms with van der Waals surface area (Å²) in [6.45, 7) is 11.3. The molecule has 0 aromatic heterocycles. The molecule has 25 heavy (non-hydrogen) atoms. The van der Waals surface area contributed by atoms with Crippen LogP contribution in [0.25, 0.3) is 0 Å². The highest BCUT2D eigenvalue weighted by Gasteiger charge is 2.48. The molecule has 1 N–H and O–H groups in total. The van der Waals surface area contributed by atoms with E-state index >= 15 is 0 Å². The normalized spacial score (nSPS) is 20.4. The van der Waals surface area contributed by atoms with E-state index in [1.165, 1.54) is 43.4 Å². The van der Waals surface area contributed by atoms with Gasteiger partial charge in [-0.2, -0.15) is 0 Å². The van der Waals surface area contributed by atoms with E-state index in [1.807, 2.05) is 13.8 Å². The van der Waals surface area contributed by atoms with E-state index in [1.54, 1.807) is 0 Å². The number of hydrogen-bond donors (Lipinski definition) is 1. The standard InChI is InChI=1S/C22H36OSSi/c1-21(2,23)17-18-22(25(3,4)5,19-13-9-6-7-10-14-19)24-20-15-11-8-12-16-20/h8,11-12,15-19,23H,6-7,9-10,13-14H2,1-5H3/b18-17+. The number of hydrogen-bond acceptors (Lipinski definition) is 2. The van der Waals surface area contributed by atoms with E-state index < -0.39 is 13.7 Å². The summed E-state index contributed by atoms with van der Waals surface area (Å²) < 4.78 is 0.124. The maximum absolute atomic E-state index is 10.4. The quantitative estimate of drug-likeness (QED) is 0.258. The lowest BCUT2D eigenvalue weighted by atomic mass is 9.94. The summed E-state index contributed by atoms with van der Waals surface area (Å²) >= 11 is 2.06. The number of thioether (sulfide) groups is 1. The molecule has 0 bridgehead atoms. The Hall–Kier alpha value is -0.513. The van der Waals surface area contributed by atoms with Crippen molar-refractivity contribution in [2.24, 2.45) is 5.92 Å². The van der Waals surface area contributed by atoms with Gasteiger partial charge in [-0.1, -0.05) is 75.7 Å². The van der Waals surface area contributed by atoms with Gasteiger partial charge in [-0.25, -0.2) is 0 Å². The van der Waals surface area contributed by atoms with Crippen LogP contribution < -0.4 is 0 Å². The van der Waals surface area contributed by atoms with Crippen LogP contribution in [0.3, 0.4) is 0 Å². The van der Waals surface area contributed by atoms with Crippen molar-refractivity contribution in [3.63, 3.8) is 0 Å². The van der Waals surface area contributed by atoms with E-state index in [4.69, 9.17) is 0 Å². The summed E-state index contributed by atoms with van der Waals surface area (Å²) in [5.41, 5.74) is -0.757. The first-order valence-electron chi connectivity index (χ1n) is 9.81. The van der Waals surface area contributed by atoms with Crippen LogP contribution in [0.1, 0.15) is 52.4 Å². The summed E-state index contributed by atoms with van der Waals surface area (Å²) in [5, 5.41) is 10.4. The Labute approximate surface area is 160 Å². The topological polar surface area (TPSA) is 20.2 Å². The lowest BCUT2D eigenvalue weighted by molar-refractivity contribution is 0.132. The first kappa shape index (κ1) is 20.8. The van der Waals surface area contributed by atoms with Crippen molar-refractivity contribution < 1.29 is 5.11 Å². The summed E-state index contributed by atoms with van der Waals surface area (Å²) in [7, 11) is -1.56. The third-order valence-corrected chi connectivity index (χ3v) is 11.8. The molecule has 1 aromatic rings. The molecular weight excluding hydrogens is 340 g/mol. The zero-order valence-corrected chi connectivity index (χ0v) is 18.5. The highest BCUT2D eigenvalue weighted by Crippen LogP contribution is 2.50. The molecule has 0 spiro atoms. The molecule has 1 unspecified atom stereocenters. The minimum absolute atomic E-state index is 0.124. The number of rotatable bonds is 6. The van der Waals surface area contributed by atoms with Gasteiger partial charge in [-0.05, 0) is 44.7 Å². The largest absolute Gasteiger partial charge is 0.386 e. The molecule has 0 aliphatic heterocycles. The summed E-state index contributed by atoms with van der Waals surface area (Å²) in [6.07, 6.45) is 12.6. The van der Waals surface area contributed by atoms with Crippen molar-refractivity contribution in [2.45, 2.75) is 86.9 Å². The smallest absolute Gasteiger partial charge is 0.0772 e. The van der Waals surface area contributed by atoms with Crippen molar-refractivity contribution in [3.05, 3.63) is 42.5 Å². The van der Waals surface area contributed by atoms with Crippen LogP contribution in [-0.4, -0.2) is 23.2 Å². The Balaban J connectivity index is 2.49. The maximum atomic E-state index is 10.4. The molecule has 1 atom stereocenters. The first-order chi connectivity index (χ1) is 11.6. The Morgan fingerprint density at radius 3 is 2.00 bits per heavy atom. The lowest BCUT2D eigenvalue weighted by Crippen LogP contribution is -2.53. The van der Waals surface area contributed by atoms with Crippen LogP contribution in [-0.2, 0) is 0 Å². The molecule has 0 heterocycles. The van der Waals surface area contributed by atoms with Gasteiger partial charge < -0.3 is 5.11 Å². The fraction of sp³-hybridized carbons (Fsp3) is 0.636. The van der Waals surface area contributed by atoms with E-state index in [9.17, 15) is 5.11 Å². The monoisotopic (exact) mass is 376 g/mol. The van der Waals surface area contributed by atoms with E-state index in [0.29, 0.717) is 5.92 Å². The second-order valence-electron chi connectivity index (χ2n) is 9.13. The molecule has 0 radical (unpaired) electrons. The summed E-state index contributed by atoms with van der Waals surface area (Å²) in [4.78, 5) is 1.36. The van der Waals surface area contributed by atoms with Crippen LogP contribution in [0.15, 0.2) is 47.4 Å². The molecule has 2 rings (SSSR count). The van der Waals surface area contributed by atoms with Gasteiger partial charge in [0.1, 0.15) is 0 Å². The van der Waals surface area contributed by atoms with Crippen molar-refractivity contribution in [3.8, 4) is 0 Å². The Morgan fingerprint density at radius 2 is 1.52 bits per heavy atom. The van der Waals surface area contributed by atoms with Crippen molar-refractivity contribution in [1.29, 1.82) is 0 Å². The first-order valence-corrected chi connectivity index (χ1v) is 14.1. The van der Waals surface area contributed by atoms with Crippen molar-refractivity contribution in [1.82, 2.24) is 0 Å². The van der Waals surface area contributed by atoms with E-state index in [2.05, 4.69) is 73.9 Å². The van der Waals surface area contributed by atoms with Gasteiger partial charge >= 0.3 is 0 Å². The predicted octanol–water partition coefficient (Wildman–Crippen LogP) is 6.69. The third kappa shape index (κ3) is 5.73. The highest BCUT2D eigenvalue weighted by molar-refractivity contribution is 8.02. The zero-order valence-electron chi connectivity index (χ0n) is 16.7. The van der Waals surface area contributed by atoms with Crippen LogP contribution in [0, 0.1) is 5.92 Å². The van der Waals surface area contributed by atoms with Gasteiger partial charge in [0.25, 0.3) is 0 Å². The van der Waals surface area contributed by atoms with Crippen LogP contribution in [0.4, 0.5) is 0 Å². The molecule has 0 amide bonds. The second kappa shape index (κ2) is 8.45. The van der Waals surface area contributed by atoms with Gasteiger partial charge in [-0.15, -0.1) is 11.8 Å². The van der Waals surface area contributed by atoms with Crippen LogP contribution in [0.2, 0.25) is 19.6 Å². The van der Waals surface area contributed by atoms with Gasteiger partial charge in [0.05, 0.1) is 13.7 Å². The fourth-order valence-electron chi connectivity index (χ4n) is 3.99. The average Bonchev–Trinajstić information content (AvgIpc) is 2.80. The van der Waals surface area contributed by atoms with E-state index in [0.717, 1.165) is 0 Å². The van der Waals surface area contributed by atoms with Crippen LogP contribution >= 0.6 is 11.8 Å². The van der Waals surface area contributed by atoms with Crippen molar-refractivity contribution in [2.75, 3.05) is 0 Å². The predicted molar refractivity (Wildman–Crippen MR) is 115 cm³/mol. The Kier molecular flexibility index (Phi) is 7.03. The Bertz CT molecular complexity index is 548. The van der Waals surface area contributed by atoms with Gasteiger partial charge in [0, 0.05) is 9.27 Å². The van der Waals surface area contributed by atoms with Gasteiger partial charge in [0.15, 0.2) is 0 Å². The van der Waals surface area contributed by atoms with Crippen LogP contribution in [0.5, 0.6) is 0 Å². The third-order valence-electron chi connectivity index (χ3n) is 5.40. The molecule has 3 heteroatoms.